The van der Waals surface area contributed by atoms with Crippen LogP contribution in [0.25, 0.3) is 0 Å². The Balaban J connectivity index is 1.22. The summed E-state index contributed by atoms with van der Waals surface area (Å²) in [5.41, 5.74) is 2.44. The lowest BCUT2D eigenvalue weighted by Crippen LogP contribution is -2.63. The van der Waals surface area contributed by atoms with E-state index >= 15 is 0 Å². The molecule has 3 heterocycles. The van der Waals surface area contributed by atoms with Crippen molar-refractivity contribution in [1.29, 1.82) is 0 Å². The molecule has 26 heavy (non-hydrogen) atoms. The first kappa shape index (κ1) is 17.2. The van der Waals surface area contributed by atoms with Crippen molar-refractivity contribution in [3.05, 3.63) is 53.3 Å². The highest BCUT2D eigenvalue weighted by molar-refractivity contribution is 5.86. The number of H-pyrrole nitrogens is 1. The highest BCUT2D eigenvalue weighted by atomic mass is 16.4. The van der Waals surface area contributed by atoms with Crippen molar-refractivity contribution in [2.45, 2.75) is 31.8 Å². The maximum absolute atomic E-state index is 11.2. The molecule has 6 nitrogen and oxygen atoms in total. The highest BCUT2D eigenvalue weighted by Gasteiger charge is 2.41. The molecule has 0 saturated carbocycles. The molecule has 1 aromatic heterocycles. The minimum atomic E-state index is -0.930. The fourth-order valence-electron chi connectivity index (χ4n) is 4.44. The quantitative estimate of drug-likeness (QED) is 0.798. The minimum Gasteiger partial charge on any atom is -0.477 e. The predicted octanol–water partition coefficient (Wildman–Crippen LogP) is 2.25. The molecule has 1 aromatic carbocycles. The van der Waals surface area contributed by atoms with Gasteiger partial charge >= 0.3 is 5.97 Å². The SMILES string of the molecule is O=C(O)c1[nH]ncc1CN1CC[C@H]2[C@@H](C1)CN2CCCc1ccccc1. The zero-order chi connectivity index (χ0) is 17.9. The van der Waals surface area contributed by atoms with Crippen LogP contribution in [-0.2, 0) is 13.0 Å². The lowest BCUT2D eigenvalue weighted by atomic mass is 9.82. The topological polar surface area (TPSA) is 72.5 Å². The van der Waals surface area contributed by atoms with Crippen LogP contribution in [0.15, 0.2) is 36.5 Å². The van der Waals surface area contributed by atoms with Crippen LogP contribution in [0, 0.1) is 5.92 Å². The Morgan fingerprint density at radius 2 is 2.12 bits per heavy atom. The van der Waals surface area contributed by atoms with Crippen molar-refractivity contribution < 1.29 is 9.90 Å². The molecule has 0 amide bonds. The molecule has 4 rings (SSSR count). The molecule has 138 valence electrons. The molecule has 2 N–H and O–H groups in total. The highest BCUT2D eigenvalue weighted by Crippen LogP contribution is 2.33. The Labute approximate surface area is 153 Å². The summed E-state index contributed by atoms with van der Waals surface area (Å²) in [5.74, 6) is -0.207. The Kier molecular flexibility index (Phi) is 5.04. The third-order valence-corrected chi connectivity index (χ3v) is 5.80. The van der Waals surface area contributed by atoms with Crippen LogP contribution in [-0.4, -0.2) is 63.3 Å². The number of aryl methyl sites for hydroxylation is 1. The molecule has 2 saturated heterocycles. The van der Waals surface area contributed by atoms with Gasteiger partial charge < -0.3 is 5.11 Å². The van der Waals surface area contributed by atoms with E-state index in [0.717, 1.165) is 31.0 Å². The Bertz CT molecular complexity index is 745. The number of hydrogen-bond donors (Lipinski definition) is 2. The fourth-order valence-corrected chi connectivity index (χ4v) is 4.44. The van der Waals surface area contributed by atoms with Crippen molar-refractivity contribution in [3.8, 4) is 0 Å². The second-order valence-electron chi connectivity index (χ2n) is 7.51. The number of aromatic nitrogens is 2. The van der Waals surface area contributed by atoms with Gasteiger partial charge in [0, 0.05) is 37.8 Å². The monoisotopic (exact) mass is 354 g/mol. The molecule has 2 aromatic rings. The summed E-state index contributed by atoms with van der Waals surface area (Å²) in [7, 11) is 0. The number of carbonyl (C=O) groups is 1. The van der Waals surface area contributed by atoms with Crippen LogP contribution in [0.2, 0.25) is 0 Å². The van der Waals surface area contributed by atoms with Crippen LogP contribution in [0.4, 0.5) is 0 Å². The molecule has 2 aliphatic heterocycles. The maximum atomic E-state index is 11.2. The van der Waals surface area contributed by atoms with E-state index in [1.54, 1.807) is 6.20 Å². The fraction of sp³-hybridized carbons (Fsp3) is 0.500. The first-order valence-electron chi connectivity index (χ1n) is 9.46. The first-order valence-corrected chi connectivity index (χ1v) is 9.46. The van der Waals surface area contributed by atoms with Gasteiger partial charge in [-0.2, -0.15) is 5.10 Å². The predicted molar refractivity (Wildman–Crippen MR) is 99.1 cm³/mol. The number of piperidine rings is 1. The number of benzene rings is 1. The molecule has 2 aliphatic rings. The molecule has 0 spiro atoms. The summed E-state index contributed by atoms with van der Waals surface area (Å²) in [4.78, 5) is 16.2. The van der Waals surface area contributed by atoms with Crippen LogP contribution in [0.5, 0.6) is 0 Å². The number of hydrogen-bond acceptors (Lipinski definition) is 4. The number of rotatable bonds is 7. The lowest BCUT2D eigenvalue weighted by molar-refractivity contribution is -0.0454. The summed E-state index contributed by atoms with van der Waals surface area (Å²) in [6.07, 6.45) is 5.19. The van der Waals surface area contributed by atoms with Gasteiger partial charge in [0.25, 0.3) is 0 Å². The van der Waals surface area contributed by atoms with Gasteiger partial charge in [-0.1, -0.05) is 30.3 Å². The van der Waals surface area contributed by atoms with Gasteiger partial charge in [-0.05, 0) is 37.3 Å². The average Bonchev–Trinajstić information content (AvgIpc) is 3.09. The molecule has 0 bridgehead atoms. The standard InChI is InChI=1S/C20H26N4O2/c25-20(26)19-16(11-21-22-19)12-23-10-8-18-17(13-23)14-24(18)9-4-7-15-5-2-1-3-6-15/h1-3,5-6,11,17-18H,4,7-10,12-14H2,(H,21,22)(H,25,26)/t17-,18-/m0/s1. The van der Waals surface area contributed by atoms with E-state index in [1.807, 2.05) is 0 Å². The summed E-state index contributed by atoms with van der Waals surface area (Å²) >= 11 is 0. The van der Waals surface area contributed by atoms with Crippen molar-refractivity contribution in [1.82, 2.24) is 20.0 Å². The molecule has 6 heteroatoms. The Morgan fingerprint density at radius 1 is 1.27 bits per heavy atom. The number of carboxylic acids is 1. The zero-order valence-corrected chi connectivity index (χ0v) is 15.0. The van der Waals surface area contributed by atoms with Gasteiger partial charge in [-0.25, -0.2) is 4.79 Å². The smallest absolute Gasteiger partial charge is 0.354 e. The Morgan fingerprint density at radius 3 is 2.88 bits per heavy atom. The van der Waals surface area contributed by atoms with Crippen molar-refractivity contribution in [3.63, 3.8) is 0 Å². The summed E-state index contributed by atoms with van der Waals surface area (Å²) in [6.45, 7) is 5.12. The zero-order valence-electron chi connectivity index (χ0n) is 15.0. The number of aromatic carboxylic acids is 1. The second kappa shape index (κ2) is 7.60. The number of likely N-dealkylation sites (tertiary alicyclic amines) is 2. The molecule has 0 radical (unpaired) electrons. The summed E-state index contributed by atoms with van der Waals surface area (Å²) in [6, 6.07) is 11.4. The molecule has 2 fully saturated rings. The molecular weight excluding hydrogens is 328 g/mol. The van der Waals surface area contributed by atoms with E-state index in [0.29, 0.717) is 12.6 Å². The number of nitrogens with zero attached hydrogens (tertiary/aromatic N) is 3. The van der Waals surface area contributed by atoms with Gasteiger partial charge in [-0.15, -0.1) is 0 Å². The second-order valence-corrected chi connectivity index (χ2v) is 7.51. The van der Waals surface area contributed by atoms with Crippen molar-refractivity contribution in [2.75, 3.05) is 26.2 Å². The number of carboxylic acid groups (broad SMARTS) is 1. The Hall–Kier alpha value is -2.18. The van der Waals surface area contributed by atoms with E-state index in [-0.39, 0.29) is 5.69 Å². The van der Waals surface area contributed by atoms with Crippen LogP contribution in [0.1, 0.15) is 34.5 Å². The minimum absolute atomic E-state index is 0.225. The molecule has 0 unspecified atom stereocenters. The summed E-state index contributed by atoms with van der Waals surface area (Å²) < 4.78 is 0. The molecular formula is C20H26N4O2. The third kappa shape index (κ3) is 3.66. The summed E-state index contributed by atoms with van der Waals surface area (Å²) in [5, 5.41) is 15.7. The van der Waals surface area contributed by atoms with Gasteiger partial charge in [0.2, 0.25) is 0 Å². The van der Waals surface area contributed by atoms with E-state index in [4.69, 9.17) is 0 Å². The van der Waals surface area contributed by atoms with Crippen LogP contribution >= 0.6 is 0 Å². The van der Waals surface area contributed by atoms with Crippen LogP contribution in [0.3, 0.4) is 0 Å². The van der Waals surface area contributed by atoms with Crippen molar-refractivity contribution >= 4 is 5.97 Å². The lowest BCUT2D eigenvalue weighted by Gasteiger charge is -2.53. The van der Waals surface area contributed by atoms with Gasteiger partial charge in [0.05, 0.1) is 6.20 Å². The third-order valence-electron chi connectivity index (χ3n) is 5.80. The number of fused-ring (bicyclic) bond motifs is 1. The van der Waals surface area contributed by atoms with E-state index in [2.05, 4.69) is 50.3 Å². The van der Waals surface area contributed by atoms with E-state index in [9.17, 15) is 9.90 Å². The molecule has 0 aliphatic carbocycles. The first-order chi connectivity index (χ1) is 12.7. The number of nitrogens with one attached hydrogen (secondary N) is 1. The van der Waals surface area contributed by atoms with E-state index in [1.165, 1.54) is 31.5 Å². The maximum Gasteiger partial charge on any atom is 0.354 e. The number of aromatic amines is 1. The van der Waals surface area contributed by atoms with Gasteiger partial charge in [0.15, 0.2) is 0 Å². The largest absolute Gasteiger partial charge is 0.477 e. The van der Waals surface area contributed by atoms with Gasteiger partial charge in [0.1, 0.15) is 5.69 Å². The van der Waals surface area contributed by atoms with Gasteiger partial charge in [-0.3, -0.25) is 14.9 Å². The average molecular weight is 354 g/mol. The molecule has 2 atom stereocenters. The van der Waals surface area contributed by atoms with Crippen LogP contribution < -0.4 is 0 Å². The van der Waals surface area contributed by atoms with Crippen molar-refractivity contribution in [2.24, 2.45) is 5.92 Å². The normalized spacial score (nSPS) is 23.4. The van der Waals surface area contributed by atoms with E-state index < -0.39 is 5.97 Å².